The van der Waals surface area contributed by atoms with Gasteiger partial charge in [-0.2, -0.15) is 0 Å². The highest BCUT2D eigenvalue weighted by Crippen LogP contribution is 2.37. The van der Waals surface area contributed by atoms with Gasteiger partial charge in [0, 0.05) is 19.6 Å². The molecule has 0 saturated carbocycles. The first-order valence-corrected chi connectivity index (χ1v) is 9.84. The third-order valence-electron chi connectivity index (χ3n) is 6.12. The molecule has 1 spiro atoms. The number of amides is 1. The van der Waals surface area contributed by atoms with E-state index in [0.29, 0.717) is 6.54 Å². The number of benzene rings is 2. The molecule has 2 aliphatic rings. The van der Waals surface area contributed by atoms with Crippen LogP contribution in [0.2, 0.25) is 0 Å². The largest absolute Gasteiger partial charge is 0.351 e. The summed E-state index contributed by atoms with van der Waals surface area (Å²) < 4.78 is 0. The maximum absolute atomic E-state index is 13.0. The maximum atomic E-state index is 13.0. The van der Waals surface area contributed by atoms with Crippen LogP contribution >= 0.6 is 0 Å². The fourth-order valence-electron chi connectivity index (χ4n) is 4.70. The van der Waals surface area contributed by atoms with E-state index >= 15 is 0 Å². The lowest BCUT2D eigenvalue weighted by Crippen LogP contribution is -2.51. The highest BCUT2D eigenvalue weighted by molar-refractivity contribution is 5.84. The number of fused-ring (bicyclic) bond motifs is 1. The van der Waals surface area contributed by atoms with Crippen LogP contribution in [0.3, 0.4) is 0 Å². The predicted octanol–water partition coefficient (Wildman–Crippen LogP) is 3.70. The summed E-state index contributed by atoms with van der Waals surface area (Å²) in [6.45, 7) is 5.75. The number of nitrogens with one attached hydrogen (secondary N) is 1. The van der Waals surface area contributed by atoms with Crippen LogP contribution in [0, 0.1) is 5.41 Å². The third-order valence-corrected chi connectivity index (χ3v) is 6.12. The second-order valence-electron chi connectivity index (χ2n) is 7.84. The Bertz CT molecular complexity index is 800. The van der Waals surface area contributed by atoms with Gasteiger partial charge in [-0.3, -0.25) is 9.69 Å². The zero-order valence-corrected chi connectivity index (χ0v) is 15.6. The minimum absolute atomic E-state index is 0.238. The molecular formula is C23H28N2O. The first-order valence-electron chi connectivity index (χ1n) is 9.84. The van der Waals surface area contributed by atoms with Crippen molar-refractivity contribution < 1.29 is 4.79 Å². The summed E-state index contributed by atoms with van der Waals surface area (Å²) in [7, 11) is 0. The molecular weight excluding hydrogens is 320 g/mol. The number of likely N-dealkylation sites (tertiary alicyclic amines) is 1. The molecule has 2 aromatic carbocycles. The molecule has 1 N–H and O–H groups in total. The number of carbonyl (C=O) groups is 1. The highest BCUT2D eigenvalue weighted by atomic mass is 16.2. The Balaban J connectivity index is 1.58. The lowest BCUT2D eigenvalue weighted by atomic mass is 9.74. The summed E-state index contributed by atoms with van der Waals surface area (Å²) in [5.74, 6) is 0.238. The van der Waals surface area contributed by atoms with Crippen LogP contribution in [-0.4, -0.2) is 23.9 Å². The second-order valence-corrected chi connectivity index (χ2v) is 7.84. The van der Waals surface area contributed by atoms with E-state index in [4.69, 9.17) is 0 Å². The Morgan fingerprint density at radius 2 is 1.77 bits per heavy atom. The van der Waals surface area contributed by atoms with Crippen LogP contribution in [0.15, 0.2) is 48.5 Å². The van der Waals surface area contributed by atoms with Crippen molar-refractivity contribution in [2.45, 2.75) is 45.7 Å². The van der Waals surface area contributed by atoms with Gasteiger partial charge in [-0.05, 0) is 54.5 Å². The molecule has 1 unspecified atom stereocenters. The number of hydrogen-bond donors (Lipinski definition) is 1. The van der Waals surface area contributed by atoms with Crippen LogP contribution in [0.1, 0.15) is 42.0 Å². The lowest BCUT2D eigenvalue weighted by Gasteiger charge is -2.41. The van der Waals surface area contributed by atoms with Crippen molar-refractivity contribution in [3.8, 4) is 0 Å². The van der Waals surface area contributed by atoms with Gasteiger partial charge in [-0.25, -0.2) is 0 Å². The van der Waals surface area contributed by atoms with Crippen molar-refractivity contribution in [3.63, 3.8) is 0 Å². The first kappa shape index (κ1) is 17.3. The zero-order chi connectivity index (χ0) is 18.0. The summed E-state index contributed by atoms with van der Waals surface area (Å²) in [5.41, 5.74) is 5.14. The van der Waals surface area contributed by atoms with E-state index in [1.54, 1.807) is 0 Å². The molecule has 2 aliphatic heterocycles. The van der Waals surface area contributed by atoms with Crippen molar-refractivity contribution >= 4 is 5.91 Å². The number of aryl methyl sites for hydroxylation is 1. The molecule has 1 fully saturated rings. The van der Waals surface area contributed by atoms with E-state index in [9.17, 15) is 4.79 Å². The standard InChI is InChI=1S/C23H28N2O/c1-2-18-8-3-6-11-21(18)16-25-13-7-12-23(17-25)14-19-9-4-5-10-20(19)15-24-22(23)26/h3-6,8-11H,2,7,12-17H2,1H3,(H,24,26). The molecule has 136 valence electrons. The zero-order valence-electron chi connectivity index (χ0n) is 15.6. The van der Waals surface area contributed by atoms with E-state index in [1.165, 1.54) is 22.3 Å². The number of rotatable bonds is 3. The van der Waals surface area contributed by atoms with Gasteiger partial charge >= 0.3 is 0 Å². The molecule has 0 aliphatic carbocycles. The monoisotopic (exact) mass is 348 g/mol. The van der Waals surface area contributed by atoms with Gasteiger partial charge in [0.2, 0.25) is 5.91 Å². The number of carbonyl (C=O) groups excluding carboxylic acids is 1. The van der Waals surface area contributed by atoms with Gasteiger partial charge in [0.1, 0.15) is 0 Å². The van der Waals surface area contributed by atoms with E-state index < -0.39 is 0 Å². The maximum Gasteiger partial charge on any atom is 0.228 e. The topological polar surface area (TPSA) is 32.3 Å². The molecule has 0 aromatic heterocycles. The average molecular weight is 348 g/mol. The SMILES string of the molecule is CCc1ccccc1CN1CCCC2(Cc3ccccc3CNC2=O)C1. The van der Waals surface area contributed by atoms with Crippen molar-refractivity contribution in [2.24, 2.45) is 5.41 Å². The Morgan fingerprint density at radius 1 is 1.04 bits per heavy atom. The smallest absolute Gasteiger partial charge is 0.228 e. The Hall–Kier alpha value is -2.13. The van der Waals surface area contributed by atoms with Crippen molar-refractivity contribution in [3.05, 3.63) is 70.8 Å². The van der Waals surface area contributed by atoms with Crippen LogP contribution in [-0.2, 0) is 30.7 Å². The predicted molar refractivity (Wildman–Crippen MR) is 105 cm³/mol. The van der Waals surface area contributed by atoms with Crippen LogP contribution in [0.5, 0.6) is 0 Å². The fourth-order valence-corrected chi connectivity index (χ4v) is 4.70. The normalized spacial score (nSPS) is 23.3. The quantitative estimate of drug-likeness (QED) is 0.917. The third kappa shape index (κ3) is 3.28. The van der Waals surface area contributed by atoms with E-state index in [2.05, 4.69) is 65.7 Å². The van der Waals surface area contributed by atoms with E-state index in [-0.39, 0.29) is 11.3 Å². The molecule has 1 amide bonds. The van der Waals surface area contributed by atoms with Gasteiger partial charge in [-0.1, -0.05) is 55.5 Å². The number of nitrogens with zero attached hydrogens (tertiary/aromatic N) is 1. The molecule has 4 rings (SSSR count). The van der Waals surface area contributed by atoms with Crippen LogP contribution < -0.4 is 5.32 Å². The lowest BCUT2D eigenvalue weighted by molar-refractivity contribution is -0.134. The molecule has 3 nitrogen and oxygen atoms in total. The van der Waals surface area contributed by atoms with Gasteiger partial charge in [0.15, 0.2) is 0 Å². The van der Waals surface area contributed by atoms with Crippen molar-refractivity contribution in [1.82, 2.24) is 10.2 Å². The molecule has 1 saturated heterocycles. The van der Waals surface area contributed by atoms with E-state index in [1.807, 2.05) is 0 Å². The molecule has 2 aromatic rings. The summed E-state index contributed by atoms with van der Waals surface area (Å²) in [5, 5.41) is 3.20. The Kier molecular flexibility index (Phi) is 4.82. The van der Waals surface area contributed by atoms with Gasteiger partial charge in [0.25, 0.3) is 0 Å². The minimum Gasteiger partial charge on any atom is -0.351 e. The highest BCUT2D eigenvalue weighted by Gasteiger charge is 2.43. The number of piperidine rings is 1. The van der Waals surface area contributed by atoms with Crippen molar-refractivity contribution in [2.75, 3.05) is 13.1 Å². The van der Waals surface area contributed by atoms with Crippen LogP contribution in [0.4, 0.5) is 0 Å². The molecule has 0 bridgehead atoms. The van der Waals surface area contributed by atoms with Gasteiger partial charge < -0.3 is 5.32 Å². The second kappa shape index (κ2) is 7.24. The summed E-state index contributed by atoms with van der Waals surface area (Å²) in [4.78, 5) is 15.5. The summed E-state index contributed by atoms with van der Waals surface area (Å²) in [6.07, 6.45) is 3.99. The minimum atomic E-state index is -0.286. The van der Waals surface area contributed by atoms with Crippen molar-refractivity contribution in [1.29, 1.82) is 0 Å². The van der Waals surface area contributed by atoms with Gasteiger partial charge in [-0.15, -0.1) is 0 Å². The number of hydrogen-bond acceptors (Lipinski definition) is 2. The summed E-state index contributed by atoms with van der Waals surface area (Å²) in [6, 6.07) is 17.2. The fraction of sp³-hybridized carbons (Fsp3) is 0.435. The Morgan fingerprint density at radius 3 is 2.58 bits per heavy atom. The van der Waals surface area contributed by atoms with Gasteiger partial charge in [0.05, 0.1) is 5.41 Å². The molecule has 0 radical (unpaired) electrons. The Labute approximate surface area is 156 Å². The molecule has 26 heavy (non-hydrogen) atoms. The first-order chi connectivity index (χ1) is 12.7. The average Bonchev–Trinajstić information content (AvgIpc) is 2.80. The van der Waals surface area contributed by atoms with E-state index in [0.717, 1.165) is 45.3 Å². The molecule has 2 heterocycles. The molecule has 1 atom stereocenters. The van der Waals surface area contributed by atoms with Crippen LogP contribution in [0.25, 0.3) is 0 Å². The summed E-state index contributed by atoms with van der Waals surface area (Å²) >= 11 is 0. The molecule has 3 heteroatoms.